The number of methoxy groups -OCH3 is 1. The van der Waals surface area contributed by atoms with Crippen LogP contribution < -0.4 is 10.1 Å². The Morgan fingerprint density at radius 1 is 1.29 bits per heavy atom. The van der Waals surface area contributed by atoms with Crippen molar-refractivity contribution in [3.8, 4) is 5.75 Å². The molecule has 0 radical (unpaired) electrons. The molecule has 0 bridgehead atoms. The molecule has 0 saturated heterocycles. The third-order valence-corrected chi connectivity index (χ3v) is 5.79. The molecule has 2 N–H and O–H groups in total. The van der Waals surface area contributed by atoms with Crippen molar-refractivity contribution in [1.29, 1.82) is 0 Å². The van der Waals surface area contributed by atoms with Crippen LogP contribution in [-0.4, -0.2) is 29.0 Å². The highest BCUT2D eigenvalue weighted by molar-refractivity contribution is 7.22. The first-order chi connectivity index (χ1) is 13.2. The molecule has 3 rings (SSSR count). The smallest absolute Gasteiger partial charge is 0.335 e. The predicted molar refractivity (Wildman–Crippen MR) is 106 cm³/mol. The van der Waals surface area contributed by atoms with Crippen molar-refractivity contribution in [3.05, 3.63) is 60.9 Å². The Morgan fingerprint density at radius 2 is 2.00 bits per heavy atom. The lowest BCUT2D eigenvalue weighted by Gasteiger charge is -2.12. The van der Waals surface area contributed by atoms with E-state index in [0.29, 0.717) is 5.39 Å². The molecular weight excluding hydrogens is 431 g/mol. The number of nitro benzene ring substituents is 1. The van der Waals surface area contributed by atoms with E-state index in [-0.39, 0.29) is 42.3 Å². The van der Waals surface area contributed by atoms with Gasteiger partial charge in [0.2, 0.25) is 0 Å². The number of rotatable bonds is 5. The van der Waals surface area contributed by atoms with Crippen LogP contribution in [0.4, 0.5) is 11.4 Å². The van der Waals surface area contributed by atoms with E-state index in [1.165, 1.54) is 31.4 Å². The maximum absolute atomic E-state index is 12.7. The van der Waals surface area contributed by atoms with Crippen molar-refractivity contribution in [2.24, 2.45) is 0 Å². The summed E-state index contributed by atoms with van der Waals surface area (Å²) in [4.78, 5) is 34.7. The van der Waals surface area contributed by atoms with Crippen LogP contribution in [0, 0.1) is 10.1 Å². The SMILES string of the molecule is COc1c(Cl)cc(C(=O)O)cc1NC(=O)c1sc2c([N+](=O)[O-])cccc2c1Cl. The molecule has 144 valence electrons. The number of non-ortho nitro benzene ring substituents is 1. The molecule has 0 spiro atoms. The van der Waals surface area contributed by atoms with E-state index < -0.39 is 16.8 Å². The molecule has 0 saturated carbocycles. The second kappa shape index (κ2) is 7.63. The largest absolute Gasteiger partial charge is 0.493 e. The molecule has 0 atom stereocenters. The number of carboxylic acid groups (broad SMARTS) is 1. The quantitative estimate of drug-likeness (QED) is 0.421. The minimum atomic E-state index is -1.24. The minimum absolute atomic E-state index is 0.00391. The molecule has 11 heteroatoms. The number of carboxylic acids is 1. The summed E-state index contributed by atoms with van der Waals surface area (Å²) in [5.41, 5.74) is -0.295. The third-order valence-electron chi connectivity index (χ3n) is 3.78. The van der Waals surface area contributed by atoms with E-state index in [0.717, 1.165) is 11.3 Å². The Bertz CT molecular complexity index is 1140. The number of nitro groups is 1. The Hall–Kier alpha value is -2.88. The Kier molecular flexibility index (Phi) is 5.41. The van der Waals surface area contributed by atoms with Crippen molar-refractivity contribution in [3.63, 3.8) is 0 Å². The van der Waals surface area contributed by atoms with Crippen LogP contribution in [0.15, 0.2) is 30.3 Å². The lowest BCUT2D eigenvalue weighted by atomic mass is 10.1. The molecule has 0 unspecified atom stereocenters. The van der Waals surface area contributed by atoms with Crippen LogP contribution >= 0.6 is 34.5 Å². The van der Waals surface area contributed by atoms with Gasteiger partial charge in [0.05, 0.1) is 33.3 Å². The van der Waals surface area contributed by atoms with Gasteiger partial charge < -0.3 is 15.2 Å². The number of halogens is 2. The van der Waals surface area contributed by atoms with E-state index in [2.05, 4.69) is 5.32 Å². The van der Waals surface area contributed by atoms with Gasteiger partial charge in [-0.05, 0) is 12.1 Å². The summed E-state index contributed by atoms with van der Waals surface area (Å²) in [5.74, 6) is -1.85. The number of nitrogens with one attached hydrogen (secondary N) is 1. The molecule has 8 nitrogen and oxygen atoms in total. The molecule has 1 heterocycles. The lowest BCUT2D eigenvalue weighted by Crippen LogP contribution is -2.12. The summed E-state index contributed by atoms with van der Waals surface area (Å²) >= 11 is 13.1. The first-order valence-corrected chi connectivity index (χ1v) is 9.09. The number of carbonyl (C=O) groups is 2. The van der Waals surface area contributed by atoms with Gasteiger partial charge in [-0.3, -0.25) is 14.9 Å². The molecular formula is C17H10Cl2N2O6S. The summed E-state index contributed by atoms with van der Waals surface area (Å²) in [6, 6.07) is 6.74. The normalized spacial score (nSPS) is 10.7. The summed E-state index contributed by atoms with van der Waals surface area (Å²) in [5, 5.41) is 23.3. The maximum atomic E-state index is 12.7. The summed E-state index contributed by atoms with van der Waals surface area (Å²) in [6.07, 6.45) is 0. The number of hydrogen-bond donors (Lipinski definition) is 2. The molecule has 3 aromatic rings. The highest BCUT2D eigenvalue weighted by atomic mass is 35.5. The van der Waals surface area contributed by atoms with Crippen LogP contribution in [0.2, 0.25) is 10.0 Å². The number of fused-ring (bicyclic) bond motifs is 1. The van der Waals surface area contributed by atoms with Crippen LogP contribution in [0.25, 0.3) is 10.1 Å². The lowest BCUT2D eigenvalue weighted by molar-refractivity contribution is -0.382. The third kappa shape index (κ3) is 3.47. The summed E-state index contributed by atoms with van der Waals surface area (Å²) < 4.78 is 5.39. The fourth-order valence-corrected chi connectivity index (χ4v) is 4.35. The first kappa shape index (κ1) is 19.9. The number of thiophene rings is 1. The van der Waals surface area contributed by atoms with Gasteiger partial charge in [-0.15, -0.1) is 11.3 Å². The van der Waals surface area contributed by atoms with Gasteiger partial charge in [-0.1, -0.05) is 35.3 Å². The van der Waals surface area contributed by atoms with Crippen LogP contribution in [0.1, 0.15) is 20.0 Å². The Labute approximate surface area is 171 Å². The summed E-state index contributed by atoms with van der Waals surface area (Å²) in [7, 11) is 1.31. The number of carbonyl (C=O) groups excluding carboxylic acids is 1. The highest BCUT2D eigenvalue weighted by Crippen LogP contribution is 2.41. The van der Waals surface area contributed by atoms with Gasteiger partial charge in [0, 0.05) is 11.5 Å². The van der Waals surface area contributed by atoms with Crippen molar-refractivity contribution in [1.82, 2.24) is 0 Å². The van der Waals surface area contributed by atoms with E-state index in [1.54, 1.807) is 6.07 Å². The first-order valence-electron chi connectivity index (χ1n) is 7.52. The monoisotopic (exact) mass is 440 g/mol. The van der Waals surface area contributed by atoms with Gasteiger partial charge in [0.1, 0.15) is 9.58 Å². The zero-order valence-electron chi connectivity index (χ0n) is 14.0. The standard InChI is InChI=1S/C17H10Cl2N2O6S/c1-27-13-9(18)5-7(17(23)24)6-10(13)20-16(22)15-12(19)8-3-2-4-11(21(25)26)14(8)28-15/h2-6H,1H3,(H,20,22)(H,23,24). The fourth-order valence-electron chi connectivity index (χ4n) is 2.56. The van der Waals surface area contributed by atoms with Gasteiger partial charge in [0.25, 0.3) is 11.6 Å². The zero-order chi connectivity index (χ0) is 20.6. The highest BCUT2D eigenvalue weighted by Gasteiger charge is 2.24. The average molecular weight is 441 g/mol. The Balaban J connectivity index is 2.07. The molecule has 0 aliphatic carbocycles. The molecule has 1 aromatic heterocycles. The van der Waals surface area contributed by atoms with Crippen LogP contribution in [-0.2, 0) is 0 Å². The van der Waals surface area contributed by atoms with Gasteiger partial charge >= 0.3 is 5.97 Å². The van der Waals surface area contributed by atoms with Crippen LogP contribution in [0.3, 0.4) is 0 Å². The average Bonchev–Trinajstić information content (AvgIpc) is 2.98. The molecule has 2 aromatic carbocycles. The predicted octanol–water partition coefficient (Wildman–Crippen LogP) is 5.08. The number of aromatic carboxylic acids is 1. The molecule has 0 aliphatic heterocycles. The molecule has 0 aliphatic rings. The number of benzene rings is 2. The second-order valence-electron chi connectivity index (χ2n) is 5.45. The molecule has 1 amide bonds. The van der Waals surface area contributed by atoms with E-state index >= 15 is 0 Å². The second-order valence-corrected chi connectivity index (χ2v) is 7.26. The Morgan fingerprint density at radius 3 is 2.61 bits per heavy atom. The van der Waals surface area contributed by atoms with Gasteiger partial charge in [-0.25, -0.2) is 4.79 Å². The van der Waals surface area contributed by atoms with E-state index in [4.69, 9.17) is 27.9 Å². The fraction of sp³-hybridized carbons (Fsp3) is 0.0588. The van der Waals surface area contributed by atoms with Crippen molar-refractivity contribution in [2.45, 2.75) is 0 Å². The maximum Gasteiger partial charge on any atom is 0.335 e. The van der Waals surface area contributed by atoms with E-state index in [1.807, 2.05) is 0 Å². The number of anilines is 1. The van der Waals surface area contributed by atoms with Crippen LogP contribution in [0.5, 0.6) is 5.75 Å². The minimum Gasteiger partial charge on any atom is -0.493 e. The topological polar surface area (TPSA) is 119 Å². The van der Waals surface area contributed by atoms with Crippen molar-refractivity contribution in [2.75, 3.05) is 12.4 Å². The number of nitrogens with zero attached hydrogens (tertiary/aromatic N) is 1. The zero-order valence-corrected chi connectivity index (χ0v) is 16.3. The number of amides is 1. The molecule has 28 heavy (non-hydrogen) atoms. The number of hydrogen-bond acceptors (Lipinski definition) is 6. The molecule has 0 fully saturated rings. The van der Waals surface area contributed by atoms with Crippen molar-refractivity contribution >= 4 is 67.9 Å². The van der Waals surface area contributed by atoms with Gasteiger partial charge in [-0.2, -0.15) is 0 Å². The number of ether oxygens (including phenoxy) is 1. The van der Waals surface area contributed by atoms with Crippen molar-refractivity contribution < 1.29 is 24.4 Å². The van der Waals surface area contributed by atoms with E-state index in [9.17, 15) is 24.8 Å². The summed E-state index contributed by atoms with van der Waals surface area (Å²) in [6.45, 7) is 0. The van der Waals surface area contributed by atoms with Gasteiger partial charge in [0.15, 0.2) is 5.75 Å².